The van der Waals surface area contributed by atoms with E-state index in [-0.39, 0.29) is 6.04 Å². The molecule has 1 aromatic rings. The number of carbonyl (C=O) groups excluding carboxylic acids is 1. The van der Waals surface area contributed by atoms with Gasteiger partial charge in [0.05, 0.1) is 19.2 Å². The fourth-order valence-electron chi connectivity index (χ4n) is 3.13. The van der Waals surface area contributed by atoms with Crippen LogP contribution in [0, 0.1) is 5.92 Å². The number of alkyl carbamates (subject to hydrolysis) is 1. The van der Waals surface area contributed by atoms with E-state index in [1.54, 1.807) is 6.92 Å². The molecule has 0 heterocycles. The second kappa shape index (κ2) is 9.30. The number of anilines is 1. The molecule has 138 valence electrons. The SMILES string of the molecule is CCOC(=O)NC(CN=C(N)Nc1ccc2c(c1)CCC2)CC(C)C. The van der Waals surface area contributed by atoms with E-state index < -0.39 is 6.09 Å². The number of nitrogens with two attached hydrogens (primary N) is 1. The standard InChI is InChI=1S/C19H30N4O2/c1-4-25-19(24)23-17(10-13(2)3)12-21-18(20)22-16-9-8-14-6-5-7-15(14)11-16/h8-9,11,13,17H,4-7,10,12H2,1-3H3,(H,23,24)(H3,20,21,22). The number of ether oxygens (including phenoxy) is 1. The molecule has 0 aliphatic heterocycles. The Hall–Kier alpha value is -2.24. The Morgan fingerprint density at radius 1 is 1.32 bits per heavy atom. The molecule has 1 aliphatic carbocycles. The van der Waals surface area contributed by atoms with Crippen LogP contribution in [0.5, 0.6) is 0 Å². The molecule has 1 amide bonds. The minimum absolute atomic E-state index is 0.0978. The summed E-state index contributed by atoms with van der Waals surface area (Å²) in [7, 11) is 0. The van der Waals surface area contributed by atoms with Crippen LogP contribution in [0.25, 0.3) is 0 Å². The second-order valence-electron chi connectivity index (χ2n) is 6.88. The summed E-state index contributed by atoms with van der Waals surface area (Å²) >= 11 is 0. The van der Waals surface area contributed by atoms with E-state index in [0.717, 1.165) is 24.9 Å². The lowest BCUT2D eigenvalue weighted by molar-refractivity contribution is 0.147. The van der Waals surface area contributed by atoms with Crippen LogP contribution in [0.3, 0.4) is 0 Å². The van der Waals surface area contributed by atoms with Crippen molar-refractivity contribution >= 4 is 17.7 Å². The Morgan fingerprint density at radius 2 is 2.08 bits per heavy atom. The lowest BCUT2D eigenvalue weighted by atomic mass is 10.0. The summed E-state index contributed by atoms with van der Waals surface area (Å²) in [5.74, 6) is 0.797. The molecule has 1 unspecified atom stereocenters. The van der Waals surface area contributed by atoms with Gasteiger partial charge in [-0.3, -0.25) is 4.99 Å². The molecule has 0 bridgehead atoms. The number of benzene rings is 1. The van der Waals surface area contributed by atoms with Gasteiger partial charge >= 0.3 is 6.09 Å². The number of nitrogens with one attached hydrogen (secondary N) is 2. The van der Waals surface area contributed by atoms with Gasteiger partial charge in [0, 0.05) is 5.69 Å². The van der Waals surface area contributed by atoms with Crippen LogP contribution in [0.15, 0.2) is 23.2 Å². The first-order chi connectivity index (χ1) is 12.0. The van der Waals surface area contributed by atoms with Gasteiger partial charge in [-0.1, -0.05) is 19.9 Å². The normalized spacial score (nSPS) is 15.0. The van der Waals surface area contributed by atoms with Gasteiger partial charge in [0.25, 0.3) is 0 Å². The summed E-state index contributed by atoms with van der Waals surface area (Å²) in [6.45, 7) is 6.77. The lowest BCUT2D eigenvalue weighted by Crippen LogP contribution is -2.39. The fourth-order valence-corrected chi connectivity index (χ4v) is 3.13. The number of hydrogen-bond acceptors (Lipinski definition) is 3. The van der Waals surface area contributed by atoms with Crippen molar-refractivity contribution in [1.82, 2.24) is 5.32 Å². The molecule has 0 saturated heterocycles. The molecule has 6 heteroatoms. The van der Waals surface area contributed by atoms with E-state index in [1.807, 2.05) is 6.07 Å². The number of guanidine groups is 1. The maximum Gasteiger partial charge on any atom is 0.407 e. The molecule has 0 radical (unpaired) electrons. The predicted octanol–water partition coefficient (Wildman–Crippen LogP) is 3.06. The first-order valence-electron chi connectivity index (χ1n) is 9.10. The molecule has 1 aromatic carbocycles. The van der Waals surface area contributed by atoms with Gasteiger partial charge in [0.15, 0.2) is 5.96 Å². The summed E-state index contributed by atoms with van der Waals surface area (Å²) in [6.07, 6.45) is 3.92. The summed E-state index contributed by atoms with van der Waals surface area (Å²) < 4.78 is 4.95. The number of rotatable bonds is 7. The highest BCUT2D eigenvalue weighted by atomic mass is 16.5. The summed E-state index contributed by atoms with van der Waals surface area (Å²) in [4.78, 5) is 16.0. The van der Waals surface area contributed by atoms with Crippen molar-refractivity contribution in [2.24, 2.45) is 16.6 Å². The minimum atomic E-state index is -0.409. The highest BCUT2D eigenvalue weighted by molar-refractivity contribution is 5.92. The van der Waals surface area contributed by atoms with Crippen molar-refractivity contribution in [3.8, 4) is 0 Å². The first kappa shape index (κ1) is 19.1. The average Bonchev–Trinajstić information content (AvgIpc) is 3.00. The Kier molecular flexibility index (Phi) is 7.10. The van der Waals surface area contributed by atoms with Gasteiger partial charge in [0.2, 0.25) is 0 Å². The van der Waals surface area contributed by atoms with Crippen LogP contribution in [0.4, 0.5) is 10.5 Å². The van der Waals surface area contributed by atoms with E-state index in [1.165, 1.54) is 17.5 Å². The van der Waals surface area contributed by atoms with E-state index in [2.05, 4.69) is 41.6 Å². The fraction of sp³-hybridized carbons (Fsp3) is 0.579. The minimum Gasteiger partial charge on any atom is -0.450 e. The average molecular weight is 346 g/mol. The van der Waals surface area contributed by atoms with Crippen LogP contribution < -0.4 is 16.4 Å². The van der Waals surface area contributed by atoms with E-state index in [4.69, 9.17) is 10.5 Å². The largest absolute Gasteiger partial charge is 0.450 e. The number of carbonyl (C=O) groups is 1. The smallest absolute Gasteiger partial charge is 0.407 e. The van der Waals surface area contributed by atoms with Gasteiger partial charge in [0.1, 0.15) is 0 Å². The Bertz CT molecular complexity index is 613. The van der Waals surface area contributed by atoms with E-state index in [0.29, 0.717) is 25.0 Å². The van der Waals surface area contributed by atoms with Crippen molar-refractivity contribution < 1.29 is 9.53 Å². The summed E-state index contributed by atoms with van der Waals surface area (Å²) in [5, 5.41) is 5.99. The maximum atomic E-state index is 11.7. The number of amides is 1. The molecule has 0 spiro atoms. The van der Waals surface area contributed by atoms with Gasteiger partial charge in [-0.25, -0.2) is 4.79 Å². The molecule has 1 atom stereocenters. The zero-order valence-electron chi connectivity index (χ0n) is 15.5. The third kappa shape index (κ3) is 6.29. The Labute approximate surface area is 150 Å². The number of aliphatic imine (C=N–C) groups is 1. The van der Waals surface area contributed by atoms with Crippen LogP contribution in [0.1, 0.15) is 44.7 Å². The highest BCUT2D eigenvalue weighted by Crippen LogP contribution is 2.24. The summed E-state index contributed by atoms with van der Waals surface area (Å²) in [5.41, 5.74) is 9.79. The topological polar surface area (TPSA) is 88.7 Å². The molecule has 1 aliphatic rings. The third-order valence-corrected chi connectivity index (χ3v) is 4.21. The highest BCUT2D eigenvalue weighted by Gasteiger charge is 2.15. The van der Waals surface area contributed by atoms with Gasteiger partial charge in [-0.2, -0.15) is 0 Å². The van der Waals surface area contributed by atoms with Crippen molar-refractivity contribution in [1.29, 1.82) is 0 Å². The van der Waals surface area contributed by atoms with Crippen molar-refractivity contribution in [2.75, 3.05) is 18.5 Å². The van der Waals surface area contributed by atoms with Gasteiger partial charge in [-0.15, -0.1) is 0 Å². The van der Waals surface area contributed by atoms with Gasteiger partial charge < -0.3 is 21.1 Å². The Morgan fingerprint density at radius 3 is 2.80 bits per heavy atom. The van der Waals surface area contributed by atoms with Crippen LogP contribution >= 0.6 is 0 Å². The number of fused-ring (bicyclic) bond motifs is 1. The van der Waals surface area contributed by atoms with Crippen LogP contribution in [-0.2, 0) is 17.6 Å². The molecule has 0 fully saturated rings. The number of hydrogen-bond donors (Lipinski definition) is 3. The zero-order chi connectivity index (χ0) is 18.2. The molecule has 6 nitrogen and oxygen atoms in total. The quantitative estimate of drug-likeness (QED) is 0.523. The molecule has 25 heavy (non-hydrogen) atoms. The third-order valence-electron chi connectivity index (χ3n) is 4.21. The van der Waals surface area contributed by atoms with Crippen molar-refractivity contribution in [2.45, 2.75) is 52.5 Å². The molecule has 2 rings (SSSR count). The Balaban J connectivity index is 1.92. The predicted molar refractivity (Wildman–Crippen MR) is 102 cm³/mol. The zero-order valence-corrected chi connectivity index (χ0v) is 15.5. The number of nitrogens with zero attached hydrogens (tertiary/aromatic N) is 1. The van der Waals surface area contributed by atoms with Crippen LogP contribution in [-0.4, -0.2) is 31.2 Å². The monoisotopic (exact) mass is 346 g/mol. The van der Waals surface area contributed by atoms with Gasteiger partial charge in [-0.05, 0) is 61.8 Å². The molecule has 4 N–H and O–H groups in total. The number of aryl methyl sites for hydroxylation is 2. The van der Waals surface area contributed by atoms with E-state index >= 15 is 0 Å². The van der Waals surface area contributed by atoms with E-state index in [9.17, 15) is 4.79 Å². The van der Waals surface area contributed by atoms with Crippen molar-refractivity contribution in [3.63, 3.8) is 0 Å². The van der Waals surface area contributed by atoms with Crippen LogP contribution in [0.2, 0.25) is 0 Å². The maximum absolute atomic E-state index is 11.7. The lowest BCUT2D eigenvalue weighted by Gasteiger charge is -2.19. The second-order valence-corrected chi connectivity index (χ2v) is 6.88. The molecule has 0 saturated carbocycles. The first-order valence-corrected chi connectivity index (χ1v) is 9.10. The molecular weight excluding hydrogens is 316 g/mol. The molecule has 0 aromatic heterocycles. The summed E-state index contributed by atoms with van der Waals surface area (Å²) in [6, 6.07) is 6.24. The van der Waals surface area contributed by atoms with Crippen molar-refractivity contribution in [3.05, 3.63) is 29.3 Å². The molecular formula is C19H30N4O2.